The van der Waals surface area contributed by atoms with E-state index in [4.69, 9.17) is 5.73 Å². The van der Waals surface area contributed by atoms with Crippen molar-refractivity contribution in [3.8, 4) is 0 Å². The lowest BCUT2D eigenvalue weighted by atomic mass is 10.3. The molecule has 1 fully saturated rings. The summed E-state index contributed by atoms with van der Waals surface area (Å²) in [5.74, 6) is 1.28. The number of H-pyrrole nitrogens is 1. The van der Waals surface area contributed by atoms with Crippen LogP contribution in [0.15, 0.2) is 35.5 Å². The van der Waals surface area contributed by atoms with E-state index in [0.29, 0.717) is 11.5 Å². The number of anilines is 3. The van der Waals surface area contributed by atoms with Crippen LogP contribution in [0.2, 0.25) is 0 Å². The highest BCUT2D eigenvalue weighted by atomic mass is 16.1. The van der Waals surface area contributed by atoms with Crippen LogP contribution >= 0.6 is 0 Å². The van der Waals surface area contributed by atoms with Crippen molar-refractivity contribution in [2.24, 2.45) is 0 Å². The smallest absolute Gasteiger partial charge is 0.290 e. The third-order valence-electron chi connectivity index (χ3n) is 3.38. The van der Waals surface area contributed by atoms with E-state index in [1.165, 1.54) is 6.20 Å². The lowest BCUT2D eigenvalue weighted by molar-refractivity contribution is 0.639. The molecule has 0 bridgehead atoms. The van der Waals surface area contributed by atoms with Crippen LogP contribution in [0.5, 0.6) is 0 Å². The van der Waals surface area contributed by atoms with Crippen LogP contribution in [0, 0.1) is 0 Å². The number of pyridine rings is 1. The Labute approximate surface area is 116 Å². The van der Waals surface area contributed by atoms with Crippen molar-refractivity contribution in [3.05, 3.63) is 41.1 Å². The van der Waals surface area contributed by atoms with Gasteiger partial charge in [-0.3, -0.25) is 4.79 Å². The lowest BCUT2D eigenvalue weighted by Crippen LogP contribution is -2.48. The summed E-state index contributed by atoms with van der Waals surface area (Å²) in [4.78, 5) is 26.9. The average Bonchev–Trinajstić information content (AvgIpc) is 2.49. The number of hydrogen-bond donors (Lipinski definition) is 2. The topological polar surface area (TPSA) is 91.1 Å². The zero-order valence-corrected chi connectivity index (χ0v) is 11.0. The summed E-state index contributed by atoms with van der Waals surface area (Å²) in [6.07, 6.45) is 4.87. The van der Waals surface area contributed by atoms with Crippen molar-refractivity contribution in [1.29, 1.82) is 0 Å². The Morgan fingerprint density at radius 1 is 1.05 bits per heavy atom. The minimum Gasteiger partial charge on any atom is -0.396 e. The second-order valence-electron chi connectivity index (χ2n) is 4.63. The van der Waals surface area contributed by atoms with Crippen molar-refractivity contribution in [2.45, 2.75) is 0 Å². The van der Waals surface area contributed by atoms with Gasteiger partial charge in [0.05, 0.1) is 5.69 Å². The van der Waals surface area contributed by atoms with Gasteiger partial charge in [0.2, 0.25) is 0 Å². The third kappa shape index (κ3) is 2.29. The van der Waals surface area contributed by atoms with E-state index in [-0.39, 0.29) is 5.56 Å². The van der Waals surface area contributed by atoms with E-state index in [9.17, 15) is 4.79 Å². The van der Waals surface area contributed by atoms with Gasteiger partial charge in [-0.05, 0) is 12.1 Å². The summed E-state index contributed by atoms with van der Waals surface area (Å²) in [6, 6.07) is 3.67. The van der Waals surface area contributed by atoms with Crippen LogP contribution in [0.4, 0.5) is 17.3 Å². The molecular formula is C13H16N6O. The highest BCUT2D eigenvalue weighted by molar-refractivity contribution is 5.62. The number of piperazine rings is 1. The number of hydrogen-bond acceptors (Lipinski definition) is 6. The lowest BCUT2D eigenvalue weighted by Gasteiger charge is -2.35. The predicted octanol–water partition coefficient (Wildman–Crippen LogP) is 0.0737. The number of nitrogens with one attached hydrogen (secondary N) is 1. The first kappa shape index (κ1) is 12.5. The van der Waals surface area contributed by atoms with E-state index in [1.54, 1.807) is 12.4 Å². The molecule has 104 valence electrons. The second kappa shape index (κ2) is 5.20. The van der Waals surface area contributed by atoms with Gasteiger partial charge in [-0.1, -0.05) is 0 Å². The number of aromatic nitrogens is 3. The zero-order valence-electron chi connectivity index (χ0n) is 11.0. The first-order chi connectivity index (χ1) is 9.75. The minimum atomic E-state index is -0.154. The van der Waals surface area contributed by atoms with Crippen molar-refractivity contribution < 1.29 is 0 Å². The highest BCUT2D eigenvalue weighted by Gasteiger charge is 2.21. The molecule has 0 aliphatic carbocycles. The first-order valence-corrected chi connectivity index (χ1v) is 6.50. The van der Waals surface area contributed by atoms with Crippen LogP contribution in [-0.4, -0.2) is 41.1 Å². The quantitative estimate of drug-likeness (QED) is 0.804. The Bertz CT molecular complexity index is 647. The van der Waals surface area contributed by atoms with E-state index in [1.807, 2.05) is 17.0 Å². The van der Waals surface area contributed by atoms with Crippen molar-refractivity contribution >= 4 is 17.3 Å². The van der Waals surface area contributed by atoms with Crippen molar-refractivity contribution in [3.63, 3.8) is 0 Å². The molecule has 2 aromatic rings. The maximum atomic E-state index is 11.7. The summed E-state index contributed by atoms with van der Waals surface area (Å²) in [5.41, 5.74) is 6.46. The summed E-state index contributed by atoms with van der Waals surface area (Å²) in [5, 5.41) is 0. The average molecular weight is 272 g/mol. The fraction of sp³-hybridized carbons (Fsp3) is 0.308. The van der Waals surface area contributed by atoms with Gasteiger partial charge in [0.15, 0.2) is 11.6 Å². The molecule has 0 spiro atoms. The molecular weight excluding hydrogens is 256 g/mol. The van der Waals surface area contributed by atoms with Crippen LogP contribution in [0.1, 0.15) is 0 Å². The maximum absolute atomic E-state index is 11.7. The number of nitrogens with zero attached hydrogens (tertiary/aromatic N) is 4. The largest absolute Gasteiger partial charge is 0.396 e. The fourth-order valence-electron chi connectivity index (χ4n) is 2.37. The molecule has 7 heteroatoms. The molecule has 3 N–H and O–H groups in total. The molecule has 0 atom stereocenters. The first-order valence-electron chi connectivity index (χ1n) is 6.50. The summed E-state index contributed by atoms with van der Waals surface area (Å²) in [6.45, 7) is 2.96. The molecule has 7 nitrogen and oxygen atoms in total. The predicted molar refractivity (Wildman–Crippen MR) is 77.9 cm³/mol. The van der Waals surface area contributed by atoms with Gasteiger partial charge >= 0.3 is 0 Å². The third-order valence-corrected chi connectivity index (χ3v) is 3.38. The van der Waals surface area contributed by atoms with Crippen LogP contribution in [0.25, 0.3) is 0 Å². The van der Waals surface area contributed by atoms with Crippen LogP contribution in [-0.2, 0) is 0 Å². The minimum absolute atomic E-state index is 0.154. The van der Waals surface area contributed by atoms with Gasteiger partial charge in [-0.15, -0.1) is 0 Å². The SMILES string of the molecule is Nc1cccnc1N1CCN(c2ncc[nH]c2=O)CC1. The molecule has 0 amide bonds. The molecule has 3 heterocycles. The van der Waals surface area contributed by atoms with Gasteiger partial charge in [-0.25, -0.2) is 9.97 Å². The molecule has 1 aliphatic rings. The monoisotopic (exact) mass is 272 g/mol. The Balaban J connectivity index is 1.73. The Morgan fingerprint density at radius 3 is 2.35 bits per heavy atom. The van der Waals surface area contributed by atoms with Gasteiger partial charge in [0.25, 0.3) is 5.56 Å². The number of nitrogen functional groups attached to an aromatic ring is 1. The van der Waals surface area contributed by atoms with Gasteiger partial charge in [-0.2, -0.15) is 0 Å². The number of aromatic amines is 1. The molecule has 0 saturated carbocycles. The molecule has 0 unspecified atom stereocenters. The molecule has 20 heavy (non-hydrogen) atoms. The van der Waals surface area contributed by atoms with Crippen molar-refractivity contribution in [1.82, 2.24) is 15.0 Å². The van der Waals surface area contributed by atoms with Crippen LogP contribution in [0.3, 0.4) is 0 Å². The second-order valence-corrected chi connectivity index (χ2v) is 4.63. The zero-order chi connectivity index (χ0) is 13.9. The standard InChI is InChI=1S/C13H16N6O/c14-10-2-1-3-15-11(10)18-6-8-19(9-7-18)12-13(20)17-5-4-16-12/h1-5H,6-9,14H2,(H,17,20). The normalized spacial score (nSPS) is 15.4. The Hall–Kier alpha value is -2.57. The highest BCUT2D eigenvalue weighted by Crippen LogP contribution is 2.21. The molecule has 0 aromatic carbocycles. The summed E-state index contributed by atoms with van der Waals surface area (Å²) in [7, 11) is 0. The number of rotatable bonds is 2. The Kier molecular flexibility index (Phi) is 3.24. The maximum Gasteiger partial charge on any atom is 0.290 e. The van der Waals surface area contributed by atoms with E-state index < -0.39 is 0 Å². The summed E-state index contributed by atoms with van der Waals surface area (Å²) >= 11 is 0. The molecule has 3 rings (SSSR count). The van der Waals surface area contributed by atoms with Crippen molar-refractivity contribution in [2.75, 3.05) is 41.7 Å². The van der Waals surface area contributed by atoms with Crippen LogP contribution < -0.4 is 21.1 Å². The van der Waals surface area contributed by atoms with Gasteiger partial charge in [0.1, 0.15) is 0 Å². The molecule has 0 radical (unpaired) electrons. The van der Waals surface area contributed by atoms with Gasteiger partial charge < -0.3 is 20.5 Å². The molecule has 1 saturated heterocycles. The Morgan fingerprint density at radius 2 is 1.70 bits per heavy atom. The summed E-state index contributed by atoms with van der Waals surface area (Å²) < 4.78 is 0. The van der Waals surface area contributed by atoms with E-state index in [0.717, 1.165) is 32.0 Å². The molecule has 2 aromatic heterocycles. The fourth-order valence-corrected chi connectivity index (χ4v) is 2.37. The number of nitrogens with two attached hydrogens (primary N) is 1. The van der Waals surface area contributed by atoms with E-state index in [2.05, 4.69) is 19.9 Å². The van der Waals surface area contributed by atoms with E-state index >= 15 is 0 Å². The van der Waals surface area contributed by atoms with Gasteiger partial charge in [0, 0.05) is 44.8 Å². The molecule has 1 aliphatic heterocycles.